The molecule has 138 valence electrons. The number of sulfone groups is 1. The van der Waals surface area contributed by atoms with Crippen LogP contribution in [-0.4, -0.2) is 29.7 Å². The molecule has 0 amide bonds. The highest BCUT2D eigenvalue weighted by Gasteiger charge is 2.40. The highest BCUT2D eigenvalue weighted by molar-refractivity contribution is 14.1. The van der Waals surface area contributed by atoms with E-state index in [0.29, 0.717) is 6.42 Å². The third kappa shape index (κ3) is 3.93. The number of carboxylic acid groups (broad SMARTS) is 1. The highest BCUT2D eigenvalue weighted by Crippen LogP contribution is 2.49. The molecule has 2 aromatic carbocycles. The lowest BCUT2D eigenvalue weighted by atomic mass is 9.93. The van der Waals surface area contributed by atoms with Crippen molar-refractivity contribution in [2.75, 3.05) is 6.26 Å². The summed E-state index contributed by atoms with van der Waals surface area (Å²) in [5.41, 5.74) is 2.71. The van der Waals surface area contributed by atoms with Gasteiger partial charge in [0, 0.05) is 22.0 Å². The fraction of sp³-hybridized carbons (Fsp3) is 0.316. The van der Waals surface area contributed by atoms with Crippen LogP contribution < -0.4 is 0 Å². The van der Waals surface area contributed by atoms with E-state index in [4.69, 9.17) is 0 Å². The molecule has 2 unspecified atom stereocenters. The smallest absolute Gasteiger partial charge is 0.304 e. The minimum atomic E-state index is -3.24. The summed E-state index contributed by atoms with van der Waals surface area (Å²) < 4.78 is 36.9. The number of rotatable bonds is 5. The van der Waals surface area contributed by atoms with Gasteiger partial charge in [0.25, 0.3) is 0 Å². The van der Waals surface area contributed by atoms with Gasteiger partial charge in [-0.1, -0.05) is 40.8 Å². The lowest BCUT2D eigenvalue weighted by Crippen LogP contribution is -2.16. The van der Waals surface area contributed by atoms with Gasteiger partial charge in [-0.05, 0) is 47.4 Å². The third-order valence-corrected chi connectivity index (χ3v) is 7.68. The van der Waals surface area contributed by atoms with Crippen LogP contribution in [0.15, 0.2) is 47.4 Å². The van der Waals surface area contributed by atoms with Gasteiger partial charge in [0.05, 0.1) is 11.3 Å². The van der Waals surface area contributed by atoms with E-state index in [0.717, 1.165) is 16.7 Å². The quantitative estimate of drug-likeness (QED) is 0.512. The maximum atomic E-state index is 13.7. The molecule has 0 spiro atoms. The molecule has 0 aliphatic heterocycles. The molecule has 0 heterocycles. The SMILES string of the molecule is CS(=O)(=O)c1ccc(CC2c3ccc(F)cc3C(CC(=O)O)[C@@H]2I)cc1. The van der Waals surface area contributed by atoms with E-state index in [2.05, 4.69) is 22.6 Å². The third-order valence-electron chi connectivity index (χ3n) is 4.82. The molecule has 0 saturated heterocycles. The summed E-state index contributed by atoms with van der Waals surface area (Å²) in [6.07, 6.45) is 1.78. The molecule has 4 nitrogen and oxygen atoms in total. The summed E-state index contributed by atoms with van der Waals surface area (Å²) >= 11 is 2.26. The second-order valence-corrected chi connectivity index (χ2v) is 10.1. The zero-order valence-corrected chi connectivity index (χ0v) is 17.0. The molecule has 0 aromatic heterocycles. The Morgan fingerprint density at radius 1 is 1.12 bits per heavy atom. The Kier molecular flexibility index (Phi) is 5.39. The van der Waals surface area contributed by atoms with Crippen molar-refractivity contribution in [1.82, 2.24) is 0 Å². The van der Waals surface area contributed by atoms with Gasteiger partial charge in [-0.2, -0.15) is 0 Å². The Morgan fingerprint density at radius 2 is 1.77 bits per heavy atom. The van der Waals surface area contributed by atoms with E-state index in [1.165, 1.54) is 18.4 Å². The maximum absolute atomic E-state index is 13.7. The molecule has 1 aliphatic carbocycles. The number of benzene rings is 2. The number of hydrogen-bond acceptors (Lipinski definition) is 3. The molecule has 2 aromatic rings. The van der Waals surface area contributed by atoms with Crippen molar-refractivity contribution in [3.05, 3.63) is 65.0 Å². The van der Waals surface area contributed by atoms with Crippen LogP contribution in [0.2, 0.25) is 0 Å². The molecule has 0 saturated carbocycles. The normalized spacial score (nSPS) is 22.2. The van der Waals surface area contributed by atoms with Crippen LogP contribution in [0.5, 0.6) is 0 Å². The molecular formula is C19H18FIO4S. The molecule has 0 fully saturated rings. The van der Waals surface area contributed by atoms with E-state index in [-0.39, 0.29) is 32.9 Å². The van der Waals surface area contributed by atoms with Crippen LogP contribution in [0, 0.1) is 5.82 Å². The number of carboxylic acids is 1. The molecule has 0 radical (unpaired) electrons. The van der Waals surface area contributed by atoms with E-state index in [9.17, 15) is 22.7 Å². The molecule has 7 heteroatoms. The fourth-order valence-corrected chi connectivity index (χ4v) is 5.50. The summed E-state index contributed by atoms with van der Waals surface area (Å²) in [6, 6.07) is 11.3. The number of alkyl halides is 1. The lowest BCUT2D eigenvalue weighted by molar-refractivity contribution is -0.137. The molecule has 0 bridgehead atoms. The second-order valence-electron chi connectivity index (χ2n) is 6.65. The van der Waals surface area contributed by atoms with Gasteiger partial charge in [0.2, 0.25) is 0 Å². The first-order valence-corrected chi connectivity index (χ1v) is 11.2. The average molecular weight is 488 g/mol. The first-order valence-electron chi connectivity index (χ1n) is 8.11. The molecular weight excluding hydrogens is 470 g/mol. The van der Waals surface area contributed by atoms with Crippen LogP contribution in [-0.2, 0) is 21.1 Å². The molecule has 1 N–H and O–H groups in total. The number of carbonyl (C=O) groups is 1. The van der Waals surface area contributed by atoms with Crippen LogP contribution in [0.3, 0.4) is 0 Å². The summed E-state index contributed by atoms with van der Waals surface area (Å²) in [7, 11) is -3.24. The summed E-state index contributed by atoms with van der Waals surface area (Å²) in [5, 5.41) is 9.22. The monoisotopic (exact) mass is 488 g/mol. The minimum absolute atomic E-state index is 0.0232. The molecule has 26 heavy (non-hydrogen) atoms. The highest BCUT2D eigenvalue weighted by atomic mass is 127. The fourth-order valence-electron chi connectivity index (χ4n) is 3.59. The van der Waals surface area contributed by atoms with E-state index < -0.39 is 15.8 Å². The Labute approximate surface area is 165 Å². The van der Waals surface area contributed by atoms with Gasteiger partial charge < -0.3 is 5.11 Å². The Balaban J connectivity index is 1.92. The molecule has 1 aliphatic rings. The van der Waals surface area contributed by atoms with Crippen LogP contribution in [0.1, 0.15) is 34.9 Å². The second kappa shape index (κ2) is 7.26. The van der Waals surface area contributed by atoms with Crippen LogP contribution >= 0.6 is 22.6 Å². The number of fused-ring (bicyclic) bond motifs is 1. The first kappa shape index (κ1) is 19.3. The Bertz CT molecular complexity index is 941. The van der Waals surface area contributed by atoms with Gasteiger partial charge in [-0.15, -0.1) is 0 Å². The maximum Gasteiger partial charge on any atom is 0.304 e. The predicted molar refractivity (Wildman–Crippen MR) is 105 cm³/mol. The van der Waals surface area contributed by atoms with Crippen molar-refractivity contribution in [2.24, 2.45) is 0 Å². The number of hydrogen-bond donors (Lipinski definition) is 1. The Morgan fingerprint density at radius 3 is 2.35 bits per heavy atom. The van der Waals surface area contributed by atoms with Gasteiger partial charge in [0.15, 0.2) is 9.84 Å². The summed E-state index contributed by atoms with van der Waals surface area (Å²) in [4.78, 5) is 11.5. The summed E-state index contributed by atoms with van der Waals surface area (Å²) in [5.74, 6) is -1.44. The van der Waals surface area contributed by atoms with E-state index >= 15 is 0 Å². The average Bonchev–Trinajstić information content (AvgIpc) is 2.79. The van der Waals surface area contributed by atoms with E-state index in [1.807, 2.05) is 0 Å². The number of halogens is 2. The zero-order chi connectivity index (χ0) is 19.1. The van der Waals surface area contributed by atoms with Gasteiger partial charge >= 0.3 is 5.97 Å². The first-order chi connectivity index (χ1) is 12.2. The van der Waals surface area contributed by atoms with Crippen molar-refractivity contribution in [2.45, 2.75) is 33.5 Å². The van der Waals surface area contributed by atoms with Crippen molar-refractivity contribution in [3.8, 4) is 0 Å². The van der Waals surface area contributed by atoms with Gasteiger partial charge in [0.1, 0.15) is 5.82 Å². The van der Waals surface area contributed by atoms with Crippen LogP contribution in [0.4, 0.5) is 4.39 Å². The van der Waals surface area contributed by atoms with Gasteiger partial charge in [-0.25, -0.2) is 12.8 Å². The molecule has 3 rings (SSSR count). The zero-order valence-electron chi connectivity index (χ0n) is 14.0. The lowest BCUT2D eigenvalue weighted by Gasteiger charge is -2.19. The Hall–Kier alpha value is -1.48. The van der Waals surface area contributed by atoms with Crippen molar-refractivity contribution >= 4 is 38.4 Å². The largest absolute Gasteiger partial charge is 0.481 e. The molecule has 3 atom stereocenters. The minimum Gasteiger partial charge on any atom is -0.481 e. The van der Waals surface area contributed by atoms with E-state index in [1.54, 1.807) is 30.3 Å². The van der Waals surface area contributed by atoms with Gasteiger partial charge in [-0.3, -0.25) is 4.79 Å². The number of aliphatic carboxylic acids is 1. The van der Waals surface area contributed by atoms with Crippen LogP contribution in [0.25, 0.3) is 0 Å². The topological polar surface area (TPSA) is 71.4 Å². The standard InChI is InChI=1S/C19H18FIO4S/c1-26(24,25)13-5-2-11(3-6-13)8-16-14-7-4-12(20)9-15(14)17(19(16)21)10-18(22)23/h2-7,9,16-17,19H,8,10H2,1H3,(H,22,23)/t16?,17?,19-/m1/s1. The van der Waals surface area contributed by atoms with Crippen molar-refractivity contribution < 1.29 is 22.7 Å². The predicted octanol–water partition coefficient (Wildman–Crippen LogP) is 3.93. The van der Waals surface area contributed by atoms with Crippen molar-refractivity contribution in [1.29, 1.82) is 0 Å². The summed E-state index contributed by atoms with van der Waals surface area (Å²) in [6.45, 7) is 0. The van der Waals surface area contributed by atoms with Crippen molar-refractivity contribution in [3.63, 3.8) is 0 Å².